The van der Waals surface area contributed by atoms with Crippen LogP contribution >= 0.6 is 12.2 Å². The van der Waals surface area contributed by atoms with Gasteiger partial charge in [-0.05, 0) is 43.4 Å². The Hall–Kier alpha value is -2.07. The summed E-state index contributed by atoms with van der Waals surface area (Å²) < 4.78 is 5.44. The van der Waals surface area contributed by atoms with E-state index in [9.17, 15) is 0 Å². The summed E-state index contributed by atoms with van der Waals surface area (Å²) in [6, 6.07) is 17.5. The number of thiocarbonyl (C=S) groups is 1. The van der Waals surface area contributed by atoms with E-state index in [1.165, 1.54) is 0 Å². The number of nitrogens with one attached hydrogen (secondary N) is 2. The zero-order valence-electron chi connectivity index (χ0n) is 10.7. The maximum absolute atomic E-state index is 5.44. The van der Waals surface area contributed by atoms with Crippen LogP contribution in [0.25, 0.3) is 0 Å². The number of anilines is 2. The van der Waals surface area contributed by atoms with Crippen molar-refractivity contribution in [2.45, 2.75) is 6.92 Å². The van der Waals surface area contributed by atoms with Crippen LogP contribution in [0, 0.1) is 0 Å². The predicted octanol–water partition coefficient (Wildman–Crippen LogP) is 3.89. The molecule has 19 heavy (non-hydrogen) atoms. The molecular weight excluding hydrogens is 256 g/mol. The summed E-state index contributed by atoms with van der Waals surface area (Å²) in [6.45, 7) is 2.61. The average Bonchev–Trinajstić information content (AvgIpc) is 2.40. The Kier molecular flexibility index (Phi) is 4.75. The van der Waals surface area contributed by atoms with Crippen molar-refractivity contribution in [3.8, 4) is 5.75 Å². The fraction of sp³-hybridized carbons (Fsp3) is 0.133. The quantitative estimate of drug-likeness (QED) is 0.827. The lowest BCUT2D eigenvalue weighted by Gasteiger charge is -2.11. The van der Waals surface area contributed by atoms with Crippen molar-refractivity contribution in [3.05, 3.63) is 54.6 Å². The van der Waals surface area contributed by atoms with Crippen molar-refractivity contribution in [1.29, 1.82) is 0 Å². The first-order chi connectivity index (χ1) is 9.28. The summed E-state index contributed by atoms with van der Waals surface area (Å²) in [5.41, 5.74) is 1.86. The Labute approximate surface area is 118 Å². The molecule has 0 atom stereocenters. The van der Waals surface area contributed by atoms with E-state index in [4.69, 9.17) is 17.0 Å². The molecule has 0 bridgehead atoms. The van der Waals surface area contributed by atoms with Crippen molar-refractivity contribution >= 4 is 28.7 Å². The lowest BCUT2D eigenvalue weighted by molar-refractivity contribution is 0.340. The molecule has 98 valence electrons. The minimum atomic E-state index is 0.555. The topological polar surface area (TPSA) is 33.3 Å². The van der Waals surface area contributed by atoms with Gasteiger partial charge in [-0.2, -0.15) is 0 Å². The zero-order valence-corrected chi connectivity index (χ0v) is 11.5. The van der Waals surface area contributed by atoms with Crippen LogP contribution in [-0.2, 0) is 0 Å². The number of ether oxygens (including phenoxy) is 1. The number of benzene rings is 2. The van der Waals surface area contributed by atoms with E-state index in [0.717, 1.165) is 17.1 Å². The van der Waals surface area contributed by atoms with Gasteiger partial charge < -0.3 is 15.4 Å². The predicted molar refractivity (Wildman–Crippen MR) is 83.9 cm³/mol. The Morgan fingerprint density at radius 3 is 2.42 bits per heavy atom. The lowest BCUT2D eigenvalue weighted by Crippen LogP contribution is -2.18. The molecule has 2 rings (SSSR count). The molecule has 0 saturated carbocycles. The van der Waals surface area contributed by atoms with Gasteiger partial charge in [0.2, 0.25) is 0 Å². The third kappa shape index (κ3) is 4.26. The molecule has 0 aromatic heterocycles. The van der Waals surface area contributed by atoms with Crippen molar-refractivity contribution in [2.24, 2.45) is 0 Å². The second-order valence-electron chi connectivity index (χ2n) is 3.91. The normalized spacial score (nSPS) is 9.74. The van der Waals surface area contributed by atoms with Gasteiger partial charge in [0.05, 0.1) is 6.61 Å². The smallest absolute Gasteiger partial charge is 0.175 e. The number of para-hydroxylation sites is 1. The third-order valence-corrected chi connectivity index (χ3v) is 2.64. The molecule has 2 aromatic rings. The van der Waals surface area contributed by atoms with E-state index in [0.29, 0.717) is 11.7 Å². The highest BCUT2D eigenvalue weighted by Crippen LogP contribution is 2.17. The summed E-state index contributed by atoms with van der Waals surface area (Å²) >= 11 is 5.26. The fourth-order valence-electron chi connectivity index (χ4n) is 1.65. The molecule has 0 amide bonds. The van der Waals surface area contributed by atoms with Crippen LogP contribution in [0.4, 0.5) is 11.4 Å². The molecule has 0 unspecified atom stereocenters. The van der Waals surface area contributed by atoms with Crippen LogP contribution < -0.4 is 15.4 Å². The van der Waals surface area contributed by atoms with E-state index in [2.05, 4.69) is 10.6 Å². The van der Waals surface area contributed by atoms with Crippen LogP contribution in [0.15, 0.2) is 54.6 Å². The van der Waals surface area contributed by atoms with Crippen molar-refractivity contribution < 1.29 is 4.74 Å². The summed E-state index contributed by atoms with van der Waals surface area (Å²) in [5.74, 6) is 0.829. The van der Waals surface area contributed by atoms with Crippen LogP contribution in [0.1, 0.15) is 6.92 Å². The van der Waals surface area contributed by atoms with Gasteiger partial charge in [-0.15, -0.1) is 0 Å². The van der Waals surface area contributed by atoms with Gasteiger partial charge in [0.15, 0.2) is 5.11 Å². The van der Waals surface area contributed by atoms with Gasteiger partial charge in [0.25, 0.3) is 0 Å². The number of hydrogen-bond donors (Lipinski definition) is 2. The molecule has 2 aromatic carbocycles. The van der Waals surface area contributed by atoms with Crippen molar-refractivity contribution in [2.75, 3.05) is 17.2 Å². The lowest BCUT2D eigenvalue weighted by atomic mass is 10.3. The molecule has 0 aliphatic heterocycles. The van der Waals surface area contributed by atoms with Gasteiger partial charge >= 0.3 is 0 Å². The second kappa shape index (κ2) is 6.75. The van der Waals surface area contributed by atoms with Gasteiger partial charge in [-0.1, -0.05) is 24.3 Å². The Morgan fingerprint density at radius 2 is 1.68 bits per heavy atom. The summed E-state index contributed by atoms with van der Waals surface area (Å²) in [5, 5.41) is 6.81. The first-order valence-electron chi connectivity index (χ1n) is 6.14. The highest BCUT2D eigenvalue weighted by molar-refractivity contribution is 7.80. The number of rotatable bonds is 4. The Balaban J connectivity index is 1.97. The summed E-state index contributed by atoms with van der Waals surface area (Å²) in [6.07, 6.45) is 0. The molecule has 0 aliphatic rings. The van der Waals surface area contributed by atoms with E-state index < -0.39 is 0 Å². The van der Waals surface area contributed by atoms with Gasteiger partial charge in [-0.25, -0.2) is 0 Å². The molecule has 0 radical (unpaired) electrons. The van der Waals surface area contributed by atoms with Crippen molar-refractivity contribution in [1.82, 2.24) is 0 Å². The molecular formula is C15H16N2OS. The molecule has 0 heterocycles. The molecule has 0 spiro atoms. The highest BCUT2D eigenvalue weighted by Gasteiger charge is 2.00. The molecule has 2 N–H and O–H groups in total. The summed E-state index contributed by atoms with van der Waals surface area (Å²) in [4.78, 5) is 0. The first-order valence-corrected chi connectivity index (χ1v) is 6.54. The van der Waals surface area contributed by atoms with Gasteiger partial charge in [0, 0.05) is 17.4 Å². The molecule has 0 fully saturated rings. The molecule has 4 heteroatoms. The van der Waals surface area contributed by atoms with Crippen LogP contribution in [0.3, 0.4) is 0 Å². The second-order valence-corrected chi connectivity index (χ2v) is 4.31. The molecule has 3 nitrogen and oxygen atoms in total. The van der Waals surface area contributed by atoms with Gasteiger partial charge in [0.1, 0.15) is 5.75 Å². The largest absolute Gasteiger partial charge is 0.494 e. The maximum Gasteiger partial charge on any atom is 0.175 e. The third-order valence-electron chi connectivity index (χ3n) is 2.43. The van der Waals surface area contributed by atoms with Crippen LogP contribution in [0.5, 0.6) is 5.75 Å². The van der Waals surface area contributed by atoms with Gasteiger partial charge in [-0.3, -0.25) is 0 Å². The number of hydrogen-bond acceptors (Lipinski definition) is 2. The zero-order chi connectivity index (χ0) is 13.5. The maximum atomic E-state index is 5.44. The molecule has 0 aliphatic carbocycles. The van der Waals surface area contributed by atoms with E-state index in [1.54, 1.807) is 0 Å². The monoisotopic (exact) mass is 272 g/mol. The molecule has 0 saturated heterocycles. The van der Waals surface area contributed by atoms with E-state index >= 15 is 0 Å². The minimum absolute atomic E-state index is 0.555. The SMILES string of the molecule is CCOc1cccc(NC(=S)Nc2ccccc2)c1. The van der Waals surface area contributed by atoms with E-state index in [1.807, 2.05) is 61.5 Å². The highest BCUT2D eigenvalue weighted by atomic mass is 32.1. The average molecular weight is 272 g/mol. The van der Waals surface area contributed by atoms with Crippen molar-refractivity contribution in [3.63, 3.8) is 0 Å². The standard InChI is InChI=1S/C15H16N2OS/c1-2-18-14-10-6-9-13(11-14)17-15(19)16-12-7-4-3-5-8-12/h3-11H,2H2,1H3,(H2,16,17,19). The van der Waals surface area contributed by atoms with Crippen LogP contribution in [0.2, 0.25) is 0 Å². The van der Waals surface area contributed by atoms with Crippen LogP contribution in [-0.4, -0.2) is 11.7 Å². The fourth-order valence-corrected chi connectivity index (χ4v) is 1.88. The summed E-state index contributed by atoms with van der Waals surface area (Å²) in [7, 11) is 0. The Bertz CT molecular complexity index is 543. The minimum Gasteiger partial charge on any atom is -0.494 e. The Morgan fingerprint density at radius 1 is 1.00 bits per heavy atom. The first kappa shape index (κ1) is 13.4. The van der Waals surface area contributed by atoms with E-state index in [-0.39, 0.29) is 0 Å².